The molecular weight excluding hydrogens is 388 g/mol. The van der Waals surface area contributed by atoms with Gasteiger partial charge in [0.25, 0.3) is 11.7 Å². The number of carbonyl (C=O) groups excluding carboxylic acids is 2. The van der Waals surface area contributed by atoms with Gasteiger partial charge in [0.15, 0.2) is 0 Å². The average Bonchev–Trinajstić information content (AvgIpc) is 3.13. The Balaban J connectivity index is 1.73. The van der Waals surface area contributed by atoms with Gasteiger partial charge in [0, 0.05) is 28.0 Å². The van der Waals surface area contributed by atoms with Crippen molar-refractivity contribution in [2.75, 3.05) is 12.4 Å². The van der Waals surface area contributed by atoms with E-state index in [1.807, 2.05) is 36.4 Å². The molecule has 4 rings (SSSR count). The Morgan fingerprint density at radius 3 is 2.38 bits per heavy atom. The summed E-state index contributed by atoms with van der Waals surface area (Å²) in [6, 6.07) is 21.4. The number of pyridine rings is 1. The summed E-state index contributed by atoms with van der Waals surface area (Å²) in [6.45, 7) is 0. The van der Waals surface area contributed by atoms with Gasteiger partial charge >= 0.3 is 0 Å². The summed E-state index contributed by atoms with van der Waals surface area (Å²) < 4.78 is 6.83. The minimum Gasteiger partial charge on any atom is -0.497 e. The first kappa shape index (κ1) is 18.8. The first-order chi connectivity index (χ1) is 14.1. The van der Waals surface area contributed by atoms with Crippen LogP contribution in [0.1, 0.15) is 10.5 Å². The lowest BCUT2D eigenvalue weighted by molar-refractivity contribution is -0.112. The molecule has 0 aliphatic heterocycles. The lowest BCUT2D eigenvalue weighted by Gasteiger charge is -2.08. The SMILES string of the molecule is COc1ccc(NC(=O)C(=O)c2c(-c3ccc(Cl)cc3)cc3ccccn23)cc1. The van der Waals surface area contributed by atoms with Crippen LogP contribution in [-0.4, -0.2) is 23.2 Å². The molecule has 2 aromatic carbocycles. The van der Waals surface area contributed by atoms with Crippen molar-refractivity contribution in [3.05, 3.63) is 89.7 Å². The number of hydrogen-bond acceptors (Lipinski definition) is 3. The highest BCUT2D eigenvalue weighted by Crippen LogP contribution is 2.29. The van der Waals surface area contributed by atoms with Crippen LogP contribution in [0.2, 0.25) is 5.02 Å². The molecule has 0 unspecified atom stereocenters. The zero-order chi connectivity index (χ0) is 20.4. The van der Waals surface area contributed by atoms with Gasteiger partial charge in [-0.3, -0.25) is 9.59 Å². The Morgan fingerprint density at radius 2 is 1.69 bits per heavy atom. The number of rotatable bonds is 5. The summed E-state index contributed by atoms with van der Waals surface area (Å²) in [5, 5.41) is 3.25. The van der Waals surface area contributed by atoms with E-state index in [4.69, 9.17) is 16.3 Å². The number of ether oxygens (including phenoxy) is 1. The number of anilines is 1. The largest absolute Gasteiger partial charge is 0.497 e. The van der Waals surface area contributed by atoms with E-state index >= 15 is 0 Å². The minimum atomic E-state index is -0.714. The number of halogens is 1. The van der Waals surface area contributed by atoms with E-state index in [2.05, 4.69) is 5.32 Å². The topological polar surface area (TPSA) is 59.8 Å². The Hall–Kier alpha value is -3.57. The molecule has 0 aliphatic rings. The zero-order valence-electron chi connectivity index (χ0n) is 15.6. The van der Waals surface area contributed by atoms with E-state index in [0.717, 1.165) is 11.1 Å². The predicted octanol–water partition coefficient (Wildman–Crippen LogP) is 5.09. The molecule has 2 heterocycles. The smallest absolute Gasteiger partial charge is 0.298 e. The molecule has 0 saturated carbocycles. The second kappa shape index (κ2) is 7.81. The van der Waals surface area contributed by atoms with Crippen molar-refractivity contribution in [3.8, 4) is 16.9 Å². The van der Waals surface area contributed by atoms with Crippen LogP contribution in [0.25, 0.3) is 16.6 Å². The van der Waals surface area contributed by atoms with Crippen LogP contribution < -0.4 is 10.1 Å². The molecule has 0 saturated heterocycles. The van der Waals surface area contributed by atoms with E-state index in [1.165, 1.54) is 0 Å². The van der Waals surface area contributed by atoms with Crippen LogP contribution in [-0.2, 0) is 4.79 Å². The lowest BCUT2D eigenvalue weighted by Crippen LogP contribution is -2.24. The number of nitrogens with zero attached hydrogens (tertiary/aromatic N) is 1. The maximum atomic E-state index is 13.1. The maximum absolute atomic E-state index is 13.1. The number of methoxy groups -OCH3 is 1. The summed E-state index contributed by atoms with van der Waals surface area (Å²) in [6.07, 6.45) is 1.77. The molecule has 0 radical (unpaired) electrons. The molecule has 0 atom stereocenters. The molecule has 2 aromatic heterocycles. The Labute approximate surface area is 172 Å². The number of amides is 1. The number of fused-ring (bicyclic) bond motifs is 1. The fourth-order valence-corrected chi connectivity index (χ4v) is 3.30. The lowest BCUT2D eigenvalue weighted by atomic mass is 10.0. The number of Topliss-reactive ketones (excluding diaryl/α,β-unsaturated/α-hetero) is 1. The Morgan fingerprint density at radius 1 is 0.966 bits per heavy atom. The van der Waals surface area contributed by atoms with Crippen LogP contribution in [0.3, 0.4) is 0 Å². The number of ketones is 1. The average molecular weight is 405 g/mol. The quantitative estimate of drug-likeness (QED) is 0.372. The first-order valence-electron chi connectivity index (χ1n) is 8.92. The molecule has 1 amide bonds. The third kappa shape index (κ3) is 3.73. The summed E-state index contributed by atoms with van der Waals surface area (Å²) in [4.78, 5) is 25.8. The number of nitrogens with one attached hydrogen (secondary N) is 1. The van der Waals surface area contributed by atoms with Crippen molar-refractivity contribution >= 4 is 34.5 Å². The predicted molar refractivity (Wildman–Crippen MR) is 114 cm³/mol. The third-order valence-corrected chi connectivity index (χ3v) is 4.86. The highest BCUT2D eigenvalue weighted by molar-refractivity contribution is 6.47. The monoisotopic (exact) mass is 404 g/mol. The van der Waals surface area contributed by atoms with Crippen LogP contribution in [0.4, 0.5) is 5.69 Å². The van der Waals surface area contributed by atoms with Crippen molar-refractivity contribution in [3.63, 3.8) is 0 Å². The van der Waals surface area contributed by atoms with Crippen molar-refractivity contribution in [2.24, 2.45) is 0 Å². The van der Waals surface area contributed by atoms with E-state index in [-0.39, 0.29) is 0 Å². The van der Waals surface area contributed by atoms with Crippen molar-refractivity contribution in [1.82, 2.24) is 4.40 Å². The maximum Gasteiger partial charge on any atom is 0.298 e. The zero-order valence-corrected chi connectivity index (χ0v) is 16.3. The van der Waals surface area contributed by atoms with Crippen LogP contribution in [0, 0.1) is 0 Å². The number of aromatic nitrogens is 1. The molecule has 0 aliphatic carbocycles. The minimum absolute atomic E-state index is 0.300. The van der Waals surface area contributed by atoms with E-state index in [9.17, 15) is 9.59 Å². The Kier molecular flexibility index (Phi) is 5.06. The van der Waals surface area contributed by atoms with Gasteiger partial charge in [0.2, 0.25) is 0 Å². The van der Waals surface area contributed by atoms with Crippen LogP contribution in [0.5, 0.6) is 5.75 Å². The molecule has 6 heteroatoms. The highest BCUT2D eigenvalue weighted by atomic mass is 35.5. The van der Waals surface area contributed by atoms with Gasteiger partial charge in [0.05, 0.1) is 7.11 Å². The van der Waals surface area contributed by atoms with Gasteiger partial charge in [-0.15, -0.1) is 0 Å². The Bertz CT molecular complexity index is 1200. The molecule has 0 spiro atoms. The molecule has 5 nitrogen and oxygen atoms in total. The summed E-state index contributed by atoms with van der Waals surface area (Å²) in [7, 11) is 1.56. The number of hydrogen-bond donors (Lipinski definition) is 1. The van der Waals surface area contributed by atoms with Gasteiger partial charge in [-0.1, -0.05) is 29.8 Å². The molecule has 0 bridgehead atoms. The van der Waals surface area contributed by atoms with E-state index in [1.54, 1.807) is 54.1 Å². The molecule has 4 aromatic rings. The fraction of sp³-hybridized carbons (Fsp3) is 0.0435. The molecule has 1 N–H and O–H groups in total. The van der Waals surface area contributed by atoms with Crippen molar-refractivity contribution in [2.45, 2.75) is 0 Å². The van der Waals surface area contributed by atoms with Gasteiger partial charge in [-0.2, -0.15) is 0 Å². The van der Waals surface area contributed by atoms with Gasteiger partial charge < -0.3 is 14.5 Å². The molecule has 29 heavy (non-hydrogen) atoms. The summed E-state index contributed by atoms with van der Waals surface area (Å²) in [5.74, 6) is -0.678. The second-order valence-electron chi connectivity index (χ2n) is 6.42. The fourth-order valence-electron chi connectivity index (χ4n) is 3.17. The summed E-state index contributed by atoms with van der Waals surface area (Å²) in [5.41, 5.74) is 3.10. The normalized spacial score (nSPS) is 10.7. The summed E-state index contributed by atoms with van der Waals surface area (Å²) >= 11 is 6.00. The number of carbonyl (C=O) groups is 2. The standard InChI is InChI=1S/C23H17ClN2O3/c1-29-19-11-9-17(10-12-19)25-23(28)22(27)21-20(15-5-7-16(24)8-6-15)14-18-4-2-3-13-26(18)21/h2-14H,1H3,(H,25,28). The highest BCUT2D eigenvalue weighted by Gasteiger charge is 2.24. The molecule has 144 valence electrons. The first-order valence-corrected chi connectivity index (χ1v) is 9.30. The molecule has 0 fully saturated rings. The van der Waals surface area contributed by atoms with Crippen LogP contribution >= 0.6 is 11.6 Å². The van der Waals surface area contributed by atoms with Gasteiger partial charge in [0.1, 0.15) is 11.4 Å². The second-order valence-corrected chi connectivity index (χ2v) is 6.86. The van der Waals surface area contributed by atoms with Gasteiger partial charge in [-0.05, 0) is 60.2 Å². The van der Waals surface area contributed by atoms with E-state index < -0.39 is 11.7 Å². The van der Waals surface area contributed by atoms with Crippen LogP contribution in [0.15, 0.2) is 79.0 Å². The van der Waals surface area contributed by atoms with Crippen molar-refractivity contribution < 1.29 is 14.3 Å². The third-order valence-electron chi connectivity index (χ3n) is 4.60. The number of benzene rings is 2. The molecular formula is C23H17ClN2O3. The van der Waals surface area contributed by atoms with E-state index in [0.29, 0.717) is 27.7 Å². The van der Waals surface area contributed by atoms with Crippen molar-refractivity contribution in [1.29, 1.82) is 0 Å². The van der Waals surface area contributed by atoms with Gasteiger partial charge in [-0.25, -0.2) is 0 Å².